The molecule has 0 aliphatic carbocycles. The van der Waals surface area contributed by atoms with Crippen molar-refractivity contribution in [3.05, 3.63) is 108 Å². The Morgan fingerprint density at radius 2 is 1.45 bits per heavy atom. The minimum atomic E-state index is -1.41. The van der Waals surface area contributed by atoms with Gasteiger partial charge in [0.15, 0.2) is 0 Å². The fourth-order valence-corrected chi connectivity index (χ4v) is 5.12. The summed E-state index contributed by atoms with van der Waals surface area (Å²) in [4.78, 5) is 43.0. The van der Waals surface area contributed by atoms with Gasteiger partial charge in [0.05, 0.1) is 0 Å². The molecule has 2 aliphatic heterocycles. The summed E-state index contributed by atoms with van der Waals surface area (Å²) < 4.78 is 6.31. The van der Waals surface area contributed by atoms with E-state index in [4.69, 9.17) is 4.74 Å². The number of hydrogen-bond acceptors (Lipinski definition) is 7. The molecule has 5 rings (SSSR count). The van der Waals surface area contributed by atoms with Crippen LogP contribution in [0.2, 0.25) is 0 Å². The summed E-state index contributed by atoms with van der Waals surface area (Å²) in [5.74, 6) is -1.83. The van der Waals surface area contributed by atoms with Gasteiger partial charge in [-0.15, -0.1) is 0 Å². The largest absolute Gasteiger partial charge is 0.487 e. The van der Waals surface area contributed by atoms with Crippen LogP contribution in [-0.4, -0.2) is 71.2 Å². The molecule has 3 aromatic rings. The molecule has 232 valence electrons. The van der Waals surface area contributed by atoms with Gasteiger partial charge < -0.3 is 30.9 Å². The molecule has 44 heavy (non-hydrogen) atoms. The number of nitrogens with zero attached hydrogens (tertiary/aromatic N) is 1. The average molecular weight is 601 g/mol. The van der Waals surface area contributed by atoms with Crippen LogP contribution in [0, 0.1) is 5.92 Å². The molecule has 10 nitrogen and oxygen atoms in total. The van der Waals surface area contributed by atoms with Crippen molar-refractivity contribution in [2.75, 3.05) is 14.1 Å². The molecule has 6 atom stereocenters. The van der Waals surface area contributed by atoms with Gasteiger partial charge in [-0.3, -0.25) is 19.3 Å². The minimum absolute atomic E-state index is 0.290. The first-order valence-corrected chi connectivity index (χ1v) is 14.5. The van der Waals surface area contributed by atoms with Crippen LogP contribution in [0.5, 0.6) is 5.75 Å². The van der Waals surface area contributed by atoms with Crippen LogP contribution in [-0.2, 0) is 14.4 Å². The summed E-state index contributed by atoms with van der Waals surface area (Å²) in [7, 11) is 3.32. The van der Waals surface area contributed by atoms with Crippen LogP contribution in [0.4, 0.5) is 0 Å². The third-order valence-corrected chi connectivity index (χ3v) is 7.52. The summed E-state index contributed by atoms with van der Waals surface area (Å²) in [6.45, 7) is 3.70. The van der Waals surface area contributed by atoms with Gasteiger partial charge in [0.2, 0.25) is 17.7 Å². The lowest BCUT2D eigenvalue weighted by Crippen LogP contribution is -2.62. The predicted molar refractivity (Wildman–Crippen MR) is 167 cm³/mol. The van der Waals surface area contributed by atoms with E-state index in [1.807, 2.05) is 19.9 Å². The van der Waals surface area contributed by atoms with E-state index >= 15 is 0 Å². The zero-order valence-corrected chi connectivity index (χ0v) is 25.3. The molecule has 0 spiro atoms. The molecule has 6 unspecified atom stereocenters. The van der Waals surface area contributed by atoms with Crippen molar-refractivity contribution in [2.45, 2.75) is 50.3 Å². The number of likely N-dealkylation sites (N-methyl/N-ethyl adjacent to an activating group) is 1. The van der Waals surface area contributed by atoms with Crippen molar-refractivity contribution in [3.63, 3.8) is 0 Å². The highest BCUT2D eigenvalue weighted by Gasteiger charge is 2.40. The molecule has 0 saturated heterocycles. The molecule has 3 aromatic carbocycles. The molecular weight excluding hydrogens is 560 g/mol. The number of amides is 3. The predicted octanol–water partition coefficient (Wildman–Crippen LogP) is 2.56. The van der Waals surface area contributed by atoms with Crippen molar-refractivity contribution in [1.29, 1.82) is 0 Å². The maximum absolute atomic E-state index is 14.1. The maximum atomic E-state index is 14.1. The third-order valence-electron chi connectivity index (χ3n) is 7.52. The molecule has 0 saturated carbocycles. The summed E-state index contributed by atoms with van der Waals surface area (Å²) in [5.41, 5.74) is 1.74. The number of aliphatic hydroxyl groups excluding tert-OH is 2. The summed E-state index contributed by atoms with van der Waals surface area (Å²) >= 11 is 0. The smallest absolute Gasteiger partial charge is 0.249 e. The van der Waals surface area contributed by atoms with Gasteiger partial charge in [-0.25, -0.2) is 0 Å². The van der Waals surface area contributed by atoms with E-state index in [2.05, 4.69) is 16.0 Å². The van der Waals surface area contributed by atoms with Gasteiger partial charge in [-0.1, -0.05) is 86.6 Å². The molecule has 0 aromatic heterocycles. The molecule has 0 radical (unpaired) electrons. The van der Waals surface area contributed by atoms with Gasteiger partial charge in [0.25, 0.3) is 0 Å². The highest BCUT2D eigenvalue weighted by molar-refractivity contribution is 5.94. The standard InChI is InChI=1S/C34H40N4O6/c1-21(2)31-27(37-34(43)28(38(3)4)30(40)24-13-9-6-10-14-24)33(42)36-26(29(39)23-11-7-5-8-12-23)32(41)35-20-19-22-15-17-25(44-31)18-16-22/h5-21,26-31,39-40H,1-4H3,(H,35,41)(H,36,42)(H,37,43)/b20-19-. The van der Waals surface area contributed by atoms with Crippen molar-refractivity contribution >= 4 is 23.8 Å². The molecule has 2 heterocycles. The van der Waals surface area contributed by atoms with Gasteiger partial charge in [0.1, 0.15) is 42.2 Å². The van der Waals surface area contributed by atoms with E-state index < -0.39 is 54.2 Å². The van der Waals surface area contributed by atoms with Crippen LogP contribution < -0.4 is 20.7 Å². The fraction of sp³-hybridized carbons (Fsp3) is 0.324. The number of carbonyl (C=O) groups excluding carboxylic acids is 3. The second-order valence-corrected chi connectivity index (χ2v) is 11.3. The Balaban J connectivity index is 1.74. The molecule has 0 fully saturated rings. The SMILES string of the molecule is CC(C)C1Oc2ccc(cc2)/C=C\NC(=O)C(C(O)c2ccccc2)NC(=O)C1NC(=O)C(C(O)c1ccccc1)N(C)C. The Hall–Kier alpha value is -4.51. The van der Waals surface area contributed by atoms with Gasteiger partial charge in [-0.2, -0.15) is 0 Å². The van der Waals surface area contributed by atoms with Crippen LogP contribution >= 0.6 is 0 Å². The zero-order valence-electron chi connectivity index (χ0n) is 25.3. The number of aliphatic hydroxyl groups is 2. The molecular formula is C34H40N4O6. The Morgan fingerprint density at radius 1 is 0.864 bits per heavy atom. The molecule has 2 aliphatic rings. The van der Waals surface area contributed by atoms with Crippen LogP contribution in [0.15, 0.2) is 91.1 Å². The van der Waals surface area contributed by atoms with E-state index in [0.29, 0.717) is 16.9 Å². The van der Waals surface area contributed by atoms with E-state index in [9.17, 15) is 24.6 Å². The highest BCUT2D eigenvalue weighted by atomic mass is 16.5. The third kappa shape index (κ3) is 7.90. The fourth-order valence-electron chi connectivity index (χ4n) is 5.12. The molecule has 2 bridgehead atoms. The Bertz CT molecular complexity index is 1430. The van der Waals surface area contributed by atoms with Gasteiger partial charge in [0, 0.05) is 6.20 Å². The minimum Gasteiger partial charge on any atom is -0.487 e. The highest BCUT2D eigenvalue weighted by Crippen LogP contribution is 2.24. The zero-order chi connectivity index (χ0) is 31.8. The van der Waals surface area contributed by atoms with Gasteiger partial charge >= 0.3 is 0 Å². The number of fused-ring (bicyclic) bond motifs is 10. The Morgan fingerprint density at radius 3 is 2.02 bits per heavy atom. The second-order valence-electron chi connectivity index (χ2n) is 11.3. The lowest BCUT2D eigenvalue weighted by molar-refractivity contribution is -0.139. The molecule has 3 amide bonds. The maximum Gasteiger partial charge on any atom is 0.249 e. The monoisotopic (exact) mass is 600 g/mol. The van der Waals surface area contributed by atoms with E-state index in [0.717, 1.165) is 5.56 Å². The summed E-state index contributed by atoms with van der Waals surface area (Å²) in [5, 5.41) is 30.6. The van der Waals surface area contributed by atoms with E-state index in [1.165, 1.54) is 6.20 Å². The second kappa shape index (κ2) is 14.8. The summed E-state index contributed by atoms with van der Waals surface area (Å²) in [6, 6.07) is 20.6. The Labute approximate surface area is 257 Å². The number of ether oxygens (including phenoxy) is 1. The van der Waals surface area contributed by atoms with Crippen LogP contribution in [0.1, 0.15) is 42.7 Å². The van der Waals surface area contributed by atoms with Gasteiger partial charge in [-0.05, 0) is 54.9 Å². The topological polar surface area (TPSA) is 140 Å². The first-order valence-electron chi connectivity index (χ1n) is 14.5. The van der Waals surface area contributed by atoms with Crippen LogP contribution in [0.3, 0.4) is 0 Å². The number of nitrogens with one attached hydrogen (secondary N) is 3. The van der Waals surface area contributed by atoms with Crippen molar-refractivity contribution in [3.8, 4) is 5.75 Å². The molecule has 10 heteroatoms. The first kappa shape index (κ1) is 32.4. The van der Waals surface area contributed by atoms with E-state index in [1.54, 1.807) is 104 Å². The number of benzene rings is 3. The van der Waals surface area contributed by atoms with Crippen LogP contribution in [0.25, 0.3) is 6.08 Å². The van der Waals surface area contributed by atoms with E-state index in [-0.39, 0.29) is 5.92 Å². The lowest BCUT2D eigenvalue weighted by atomic mass is 9.95. The van der Waals surface area contributed by atoms with Crippen molar-refractivity contribution in [1.82, 2.24) is 20.9 Å². The summed E-state index contributed by atoms with van der Waals surface area (Å²) in [6.07, 6.45) is -0.377. The number of rotatable bonds is 8. The number of carbonyl (C=O) groups is 3. The first-order chi connectivity index (χ1) is 21.1. The number of hydrogen-bond donors (Lipinski definition) is 5. The van der Waals surface area contributed by atoms with Crippen molar-refractivity contribution in [2.24, 2.45) is 5.92 Å². The quantitative estimate of drug-likeness (QED) is 0.268. The average Bonchev–Trinajstić information content (AvgIpc) is 3.02. The lowest BCUT2D eigenvalue weighted by Gasteiger charge is -2.35. The normalized spacial score (nSPS) is 21.8. The van der Waals surface area contributed by atoms with Crippen molar-refractivity contribution < 1.29 is 29.3 Å². The molecule has 5 N–H and O–H groups in total. The Kier molecular flexibility index (Phi) is 10.9.